The number of fused-ring (bicyclic) bond motifs is 1. The topological polar surface area (TPSA) is 58.4 Å². The molecule has 24 heavy (non-hydrogen) atoms. The highest BCUT2D eigenvalue weighted by molar-refractivity contribution is 7.10. The minimum Gasteiger partial charge on any atom is -0.356 e. The number of hydrogen-bond acceptors (Lipinski definition) is 5. The minimum atomic E-state index is -0.0733. The number of hydrogen-bond donors (Lipinski definition) is 0. The van der Waals surface area contributed by atoms with E-state index in [-0.39, 0.29) is 17.4 Å². The monoisotopic (exact) mass is 344 g/mol. The first kappa shape index (κ1) is 15.4. The fourth-order valence-electron chi connectivity index (χ4n) is 3.49. The van der Waals surface area contributed by atoms with Crippen LogP contribution in [0.3, 0.4) is 0 Å². The molecule has 126 valence electrons. The number of thiophene rings is 1. The lowest BCUT2D eigenvalue weighted by Crippen LogP contribution is -2.40. The quantitative estimate of drug-likeness (QED) is 0.823. The Balaban J connectivity index is 1.44. The Kier molecular flexibility index (Phi) is 3.88. The van der Waals surface area contributed by atoms with E-state index in [1.807, 2.05) is 9.80 Å². The third-order valence-electron chi connectivity index (χ3n) is 4.94. The van der Waals surface area contributed by atoms with E-state index >= 15 is 0 Å². The number of anilines is 1. The highest BCUT2D eigenvalue weighted by atomic mass is 32.1. The molecule has 4 heterocycles. The van der Waals surface area contributed by atoms with Crippen LogP contribution >= 0.6 is 11.3 Å². The lowest BCUT2D eigenvalue weighted by Gasteiger charge is -2.29. The Morgan fingerprint density at radius 1 is 1.38 bits per heavy atom. The second kappa shape index (κ2) is 6.05. The normalized spacial score (nSPS) is 20.3. The fourth-order valence-corrected chi connectivity index (χ4v) is 4.38. The Morgan fingerprint density at radius 2 is 2.25 bits per heavy atom. The molecule has 2 aliphatic heterocycles. The number of aromatic nitrogens is 2. The van der Waals surface area contributed by atoms with Crippen molar-refractivity contribution in [1.82, 2.24) is 14.5 Å². The zero-order valence-corrected chi connectivity index (χ0v) is 14.5. The van der Waals surface area contributed by atoms with E-state index in [1.54, 1.807) is 24.5 Å². The smallest absolute Gasteiger partial charge is 0.255 e. The van der Waals surface area contributed by atoms with Gasteiger partial charge in [-0.2, -0.15) is 0 Å². The predicted octanol–water partition coefficient (Wildman–Crippen LogP) is 1.25. The summed E-state index contributed by atoms with van der Waals surface area (Å²) in [5, 5.41) is 2.11. The first-order valence-electron chi connectivity index (χ1n) is 8.23. The second-order valence-corrected chi connectivity index (χ2v) is 7.51. The van der Waals surface area contributed by atoms with Crippen LogP contribution in [0.5, 0.6) is 0 Å². The zero-order chi connectivity index (χ0) is 16.7. The molecule has 0 bridgehead atoms. The SMILES string of the molecule is Cn1cnc(N2CCC(C(=O)N3CCc4sccc4C3)C2)cc1=O. The molecular weight excluding hydrogens is 324 g/mol. The van der Waals surface area contributed by atoms with E-state index in [9.17, 15) is 9.59 Å². The van der Waals surface area contributed by atoms with Crippen molar-refractivity contribution in [1.29, 1.82) is 0 Å². The van der Waals surface area contributed by atoms with Crippen molar-refractivity contribution >= 4 is 23.1 Å². The molecule has 0 spiro atoms. The van der Waals surface area contributed by atoms with Crippen LogP contribution in [0.15, 0.2) is 28.6 Å². The van der Waals surface area contributed by atoms with E-state index in [0.717, 1.165) is 32.5 Å². The maximum Gasteiger partial charge on any atom is 0.255 e. The summed E-state index contributed by atoms with van der Waals surface area (Å²) in [4.78, 5) is 34.4. The van der Waals surface area contributed by atoms with Crippen molar-refractivity contribution in [2.24, 2.45) is 13.0 Å². The standard InChI is InChI=1S/C17H20N4O2S/c1-19-11-18-15(8-16(19)22)20-5-2-13(10-20)17(23)21-6-3-14-12(9-21)4-7-24-14/h4,7-8,11,13H,2-3,5-6,9-10H2,1H3. The van der Waals surface area contributed by atoms with Gasteiger partial charge in [-0.25, -0.2) is 4.98 Å². The molecule has 1 atom stereocenters. The molecule has 6 nitrogen and oxygen atoms in total. The van der Waals surface area contributed by atoms with Crippen molar-refractivity contribution in [3.05, 3.63) is 44.6 Å². The third-order valence-corrected chi connectivity index (χ3v) is 5.97. The van der Waals surface area contributed by atoms with Gasteiger partial charge >= 0.3 is 0 Å². The summed E-state index contributed by atoms with van der Waals surface area (Å²) in [6, 6.07) is 3.68. The van der Waals surface area contributed by atoms with Crippen molar-refractivity contribution in [2.75, 3.05) is 24.5 Å². The maximum absolute atomic E-state index is 12.8. The van der Waals surface area contributed by atoms with E-state index in [0.29, 0.717) is 12.4 Å². The average Bonchev–Trinajstić information content (AvgIpc) is 3.25. The van der Waals surface area contributed by atoms with Gasteiger partial charge < -0.3 is 14.4 Å². The third kappa shape index (κ3) is 2.73. The van der Waals surface area contributed by atoms with E-state index in [4.69, 9.17) is 0 Å². The van der Waals surface area contributed by atoms with Crippen LogP contribution in [-0.4, -0.2) is 40.0 Å². The van der Waals surface area contributed by atoms with Gasteiger partial charge in [-0.3, -0.25) is 9.59 Å². The molecule has 1 fully saturated rings. The number of nitrogens with zero attached hydrogens (tertiary/aromatic N) is 4. The number of aryl methyl sites for hydroxylation is 1. The summed E-state index contributed by atoms with van der Waals surface area (Å²) in [6.45, 7) is 2.96. The van der Waals surface area contributed by atoms with Crippen LogP contribution in [0.1, 0.15) is 16.9 Å². The number of carbonyl (C=O) groups excluding carboxylic acids is 1. The summed E-state index contributed by atoms with van der Waals surface area (Å²) in [5.41, 5.74) is 1.22. The summed E-state index contributed by atoms with van der Waals surface area (Å²) in [7, 11) is 1.68. The van der Waals surface area contributed by atoms with Crippen molar-refractivity contribution < 1.29 is 4.79 Å². The Morgan fingerprint density at radius 3 is 3.08 bits per heavy atom. The fraction of sp³-hybridized carbons (Fsp3) is 0.471. The molecule has 0 radical (unpaired) electrons. The summed E-state index contributed by atoms with van der Waals surface area (Å²) < 4.78 is 1.45. The van der Waals surface area contributed by atoms with Gasteiger partial charge in [0.1, 0.15) is 5.82 Å². The van der Waals surface area contributed by atoms with Crippen LogP contribution in [0.2, 0.25) is 0 Å². The van der Waals surface area contributed by atoms with Crippen LogP contribution in [0.4, 0.5) is 5.82 Å². The minimum absolute atomic E-state index is 0.00366. The van der Waals surface area contributed by atoms with Gasteiger partial charge in [0.05, 0.1) is 12.2 Å². The highest BCUT2D eigenvalue weighted by Gasteiger charge is 2.33. The lowest BCUT2D eigenvalue weighted by molar-refractivity contribution is -0.135. The molecule has 1 amide bonds. The van der Waals surface area contributed by atoms with Crippen molar-refractivity contribution in [2.45, 2.75) is 19.4 Å². The first-order valence-corrected chi connectivity index (χ1v) is 9.11. The highest BCUT2D eigenvalue weighted by Crippen LogP contribution is 2.28. The van der Waals surface area contributed by atoms with E-state index in [1.165, 1.54) is 21.3 Å². The van der Waals surface area contributed by atoms with E-state index < -0.39 is 0 Å². The Hall–Kier alpha value is -2.15. The molecule has 0 N–H and O–H groups in total. The molecular formula is C17H20N4O2S. The van der Waals surface area contributed by atoms with Crippen molar-refractivity contribution in [3.8, 4) is 0 Å². The second-order valence-electron chi connectivity index (χ2n) is 6.51. The van der Waals surface area contributed by atoms with E-state index in [2.05, 4.69) is 16.4 Å². The Labute approximate surface area is 144 Å². The molecule has 7 heteroatoms. The zero-order valence-electron chi connectivity index (χ0n) is 13.6. The molecule has 1 unspecified atom stereocenters. The van der Waals surface area contributed by atoms with Gasteiger partial charge in [-0.1, -0.05) is 0 Å². The molecule has 0 aliphatic carbocycles. The average molecular weight is 344 g/mol. The van der Waals surface area contributed by atoms with Gasteiger partial charge in [0.15, 0.2) is 0 Å². The van der Waals surface area contributed by atoms with Gasteiger partial charge in [0.2, 0.25) is 5.91 Å². The molecule has 0 aromatic carbocycles. The number of rotatable bonds is 2. The first-order chi connectivity index (χ1) is 11.6. The lowest BCUT2D eigenvalue weighted by atomic mass is 10.0. The van der Waals surface area contributed by atoms with Crippen LogP contribution < -0.4 is 10.5 Å². The molecule has 2 aliphatic rings. The van der Waals surface area contributed by atoms with Gasteiger partial charge in [-0.15, -0.1) is 11.3 Å². The van der Waals surface area contributed by atoms with Crippen LogP contribution in [0.25, 0.3) is 0 Å². The van der Waals surface area contributed by atoms with Crippen LogP contribution in [-0.2, 0) is 24.8 Å². The Bertz CT molecular complexity index is 828. The predicted molar refractivity (Wildman–Crippen MR) is 93.2 cm³/mol. The molecule has 1 saturated heterocycles. The molecule has 4 rings (SSSR count). The van der Waals surface area contributed by atoms with Gasteiger partial charge in [0.25, 0.3) is 5.56 Å². The molecule has 2 aromatic rings. The van der Waals surface area contributed by atoms with Gasteiger partial charge in [-0.05, 0) is 29.9 Å². The van der Waals surface area contributed by atoms with Crippen molar-refractivity contribution in [3.63, 3.8) is 0 Å². The summed E-state index contributed by atoms with van der Waals surface area (Å²) in [5.74, 6) is 0.904. The molecule has 2 aromatic heterocycles. The maximum atomic E-state index is 12.8. The molecule has 0 saturated carbocycles. The number of amides is 1. The van der Waals surface area contributed by atoms with Crippen LogP contribution in [0, 0.1) is 5.92 Å². The van der Waals surface area contributed by atoms with Gasteiger partial charge in [0, 0.05) is 44.2 Å². The largest absolute Gasteiger partial charge is 0.356 e. The number of carbonyl (C=O) groups is 1. The summed E-state index contributed by atoms with van der Waals surface area (Å²) in [6.07, 6.45) is 3.32. The summed E-state index contributed by atoms with van der Waals surface area (Å²) >= 11 is 1.79.